The Labute approximate surface area is 285 Å². The third-order valence-corrected chi connectivity index (χ3v) is 9.63. The summed E-state index contributed by atoms with van der Waals surface area (Å²) in [4.78, 5) is 43.7. The van der Waals surface area contributed by atoms with Gasteiger partial charge in [0.2, 0.25) is 5.91 Å². The molecule has 5 atom stereocenters. The van der Waals surface area contributed by atoms with Crippen LogP contribution in [-0.2, 0) is 21.1 Å². The molecule has 11 nitrogen and oxygen atoms in total. The van der Waals surface area contributed by atoms with E-state index in [1.54, 1.807) is 37.3 Å². The average Bonchev–Trinajstić information content (AvgIpc) is 3.08. The molecule has 0 saturated carbocycles. The van der Waals surface area contributed by atoms with E-state index < -0.39 is 81.7 Å². The molecule has 0 unspecified atom stereocenters. The van der Waals surface area contributed by atoms with Gasteiger partial charge in [0.05, 0.1) is 29.2 Å². The number of hydrogen-bond donors (Lipinski definition) is 5. The number of rotatable bonds is 19. The number of aromatic nitrogens is 1. The van der Waals surface area contributed by atoms with Crippen molar-refractivity contribution in [3.63, 3.8) is 0 Å². The Morgan fingerprint density at radius 3 is 2.02 bits per heavy atom. The first kappa shape index (κ1) is 39.2. The van der Waals surface area contributed by atoms with Crippen molar-refractivity contribution in [1.82, 2.24) is 20.9 Å². The van der Waals surface area contributed by atoms with Crippen LogP contribution >= 0.6 is 0 Å². The quantitative estimate of drug-likeness (QED) is 0.127. The van der Waals surface area contributed by atoms with E-state index in [0.29, 0.717) is 37.3 Å². The van der Waals surface area contributed by atoms with Crippen LogP contribution in [0, 0.1) is 11.6 Å². The summed E-state index contributed by atoms with van der Waals surface area (Å²) in [5.41, 5.74) is 0.377. The minimum atomic E-state index is -3.87. The van der Waals surface area contributed by atoms with Gasteiger partial charge in [-0.1, -0.05) is 51.3 Å². The molecule has 0 fully saturated rings. The van der Waals surface area contributed by atoms with Gasteiger partial charge in [0.15, 0.2) is 9.84 Å². The molecule has 0 spiro atoms. The fourth-order valence-corrected chi connectivity index (χ4v) is 6.85. The lowest BCUT2D eigenvalue weighted by molar-refractivity contribution is -0.125. The van der Waals surface area contributed by atoms with Crippen LogP contribution in [-0.4, -0.2) is 83.2 Å². The zero-order valence-corrected chi connectivity index (χ0v) is 28.3. The second-order valence-electron chi connectivity index (χ2n) is 11.9. The van der Waals surface area contributed by atoms with Gasteiger partial charge in [-0.25, -0.2) is 17.2 Å². The average molecular weight is 703 g/mol. The van der Waals surface area contributed by atoms with Crippen molar-refractivity contribution in [2.75, 3.05) is 11.5 Å². The highest BCUT2D eigenvalue weighted by molar-refractivity contribution is 7.91. The van der Waals surface area contributed by atoms with Crippen LogP contribution in [0.15, 0.2) is 73.1 Å². The summed E-state index contributed by atoms with van der Waals surface area (Å²) in [6, 6.07) is 9.61. The highest BCUT2D eigenvalue weighted by Crippen LogP contribution is 2.18. The monoisotopic (exact) mass is 702 g/mol. The van der Waals surface area contributed by atoms with Gasteiger partial charge >= 0.3 is 0 Å². The summed E-state index contributed by atoms with van der Waals surface area (Å²) >= 11 is 0. The number of halogens is 2. The lowest BCUT2D eigenvalue weighted by atomic mass is 9.91. The topological polar surface area (TPSA) is 175 Å². The Hall–Kier alpha value is -4.27. The van der Waals surface area contributed by atoms with Crippen molar-refractivity contribution in [2.45, 2.75) is 82.7 Å². The van der Waals surface area contributed by atoms with Crippen LogP contribution in [0.2, 0.25) is 0 Å². The number of amides is 3. The van der Waals surface area contributed by atoms with Crippen molar-refractivity contribution in [1.29, 1.82) is 0 Å². The van der Waals surface area contributed by atoms with Crippen molar-refractivity contribution >= 4 is 27.6 Å². The first-order valence-electron chi connectivity index (χ1n) is 16.2. The molecule has 0 bridgehead atoms. The Morgan fingerprint density at radius 2 is 1.41 bits per heavy atom. The van der Waals surface area contributed by atoms with E-state index >= 15 is 0 Å². The van der Waals surface area contributed by atoms with Crippen LogP contribution in [0.25, 0.3) is 0 Å². The number of aliphatic hydroxyl groups is 2. The van der Waals surface area contributed by atoms with Gasteiger partial charge < -0.3 is 26.2 Å². The molecule has 0 aliphatic carbocycles. The highest BCUT2D eigenvalue weighted by Gasteiger charge is 2.36. The zero-order valence-electron chi connectivity index (χ0n) is 27.5. The first-order valence-corrected chi connectivity index (χ1v) is 18.0. The second kappa shape index (κ2) is 19.1. The summed E-state index contributed by atoms with van der Waals surface area (Å²) < 4.78 is 54.3. The summed E-state index contributed by atoms with van der Waals surface area (Å²) in [5, 5.41) is 30.7. The maximum Gasteiger partial charge on any atom is 0.253 e. The third-order valence-electron chi connectivity index (χ3n) is 7.88. The van der Waals surface area contributed by atoms with E-state index in [2.05, 4.69) is 20.9 Å². The second-order valence-corrected chi connectivity index (χ2v) is 14.1. The number of unbranched alkanes of at least 4 members (excludes halogenated alkanes) is 2. The third kappa shape index (κ3) is 12.6. The number of nitrogens with one attached hydrogen (secondary N) is 3. The van der Waals surface area contributed by atoms with E-state index in [0.717, 1.165) is 12.1 Å². The minimum absolute atomic E-state index is 0.0130. The number of carbonyl (C=O) groups excluding carboxylic acids is 3. The van der Waals surface area contributed by atoms with Gasteiger partial charge in [0.1, 0.15) is 29.9 Å². The van der Waals surface area contributed by atoms with Crippen LogP contribution in [0.3, 0.4) is 0 Å². The summed E-state index contributed by atoms with van der Waals surface area (Å²) in [7, 11) is -3.87. The smallest absolute Gasteiger partial charge is 0.253 e. The van der Waals surface area contributed by atoms with Crippen LogP contribution in [0.4, 0.5) is 8.78 Å². The molecule has 1 aromatic heterocycles. The molecule has 0 aliphatic rings. The molecule has 0 aliphatic heterocycles. The van der Waals surface area contributed by atoms with Crippen molar-refractivity contribution in [3.05, 3.63) is 101 Å². The van der Waals surface area contributed by atoms with E-state index in [1.165, 1.54) is 24.5 Å². The number of sulfone groups is 1. The maximum absolute atomic E-state index is 14.2. The van der Waals surface area contributed by atoms with Gasteiger partial charge in [-0.2, -0.15) is 0 Å². The molecule has 0 radical (unpaired) electrons. The molecule has 0 saturated heterocycles. The number of aliphatic hydroxyl groups excluding tert-OH is 2. The van der Waals surface area contributed by atoms with E-state index in [9.17, 15) is 41.8 Å². The lowest BCUT2D eigenvalue weighted by Crippen LogP contribution is -2.60. The molecule has 2 aromatic carbocycles. The largest absolute Gasteiger partial charge is 0.388 e. The highest BCUT2D eigenvalue weighted by atomic mass is 32.2. The van der Waals surface area contributed by atoms with Crippen molar-refractivity contribution < 1.29 is 41.8 Å². The Bertz CT molecular complexity index is 1610. The van der Waals surface area contributed by atoms with Gasteiger partial charge in [-0.05, 0) is 61.2 Å². The first-order chi connectivity index (χ1) is 23.3. The molecule has 14 heteroatoms. The predicted molar refractivity (Wildman–Crippen MR) is 180 cm³/mol. The number of nitrogens with zero attached hydrogens (tertiary/aromatic N) is 1. The minimum Gasteiger partial charge on any atom is -0.388 e. The van der Waals surface area contributed by atoms with Crippen molar-refractivity contribution in [3.8, 4) is 0 Å². The molecular weight excluding hydrogens is 658 g/mol. The van der Waals surface area contributed by atoms with Gasteiger partial charge in [0.25, 0.3) is 11.8 Å². The molecule has 5 N–H and O–H groups in total. The molecule has 3 aromatic rings. The van der Waals surface area contributed by atoms with E-state index in [1.807, 2.05) is 6.92 Å². The fraction of sp³-hybridized carbons (Fsp3) is 0.429. The molecule has 1 heterocycles. The van der Waals surface area contributed by atoms with Gasteiger partial charge in [-0.15, -0.1) is 0 Å². The molecule has 49 heavy (non-hydrogen) atoms. The summed E-state index contributed by atoms with van der Waals surface area (Å²) in [6.07, 6.45) is 1.09. The molecule has 3 rings (SSSR count). The SMILES string of the molecule is CCCC[C@@H](NC(=O)c1ccccc1)[C@@H](O)[C@H](O)[C@H](Cc1cc(F)cc(F)c1)NC(=O)[C@@H](CS(=O)(=O)CCCC)NC(=O)c1cccnc1. The predicted octanol–water partition coefficient (Wildman–Crippen LogP) is 3.11. The Kier molecular flexibility index (Phi) is 15.2. The lowest BCUT2D eigenvalue weighted by Gasteiger charge is -2.34. The van der Waals surface area contributed by atoms with Crippen LogP contribution in [0.5, 0.6) is 0 Å². The Morgan fingerprint density at radius 1 is 0.796 bits per heavy atom. The number of carbonyl (C=O) groups is 3. The number of hydrogen-bond acceptors (Lipinski definition) is 8. The fourth-order valence-electron chi connectivity index (χ4n) is 5.22. The standard InChI is InChI=1S/C35H44F2N4O7S/c1-3-5-14-28(39-33(44)24-11-8-7-9-12-24)31(42)32(43)29(19-23-17-26(36)20-27(37)18-23)40-35(46)30(22-49(47,48)16-6-4-2)41-34(45)25-13-10-15-38-21-25/h7-13,15,17-18,20-21,28-32,42-43H,3-6,14,16,19,22H2,1-2H3,(H,39,44)(H,40,46)(H,41,45)/t28-,29+,30-,31-,32-/m1/s1. The van der Waals surface area contributed by atoms with E-state index in [4.69, 9.17) is 0 Å². The van der Waals surface area contributed by atoms with Crippen LogP contribution < -0.4 is 16.0 Å². The zero-order chi connectivity index (χ0) is 36.0. The normalized spacial score (nSPS) is 14.6. The number of pyridine rings is 1. The van der Waals surface area contributed by atoms with Gasteiger partial charge in [0, 0.05) is 24.0 Å². The molecule has 266 valence electrons. The van der Waals surface area contributed by atoms with Crippen molar-refractivity contribution in [2.24, 2.45) is 0 Å². The maximum atomic E-state index is 14.2. The molecular formula is C35H44F2N4O7S. The van der Waals surface area contributed by atoms with Crippen LogP contribution in [0.1, 0.15) is 72.2 Å². The number of benzene rings is 2. The summed E-state index contributed by atoms with van der Waals surface area (Å²) in [5.74, 6) is -5.20. The van der Waals surface area contributed by atoms with E-state index in [-0.39, 0.29) is 23.3 Å². The summed E-state index contributed by atoms with van der Waals surface area (Å²) in [6.45, 7) is 3.70. The Balaban J connectivity index is 1.95. The molecule has 3 amide bonds. The van der Waals surface area contributed by atoms with Gasteiger partial charge in [-0.3, -0.25) is 19.4 Å².